The third-order valence-corrected chi connectivity index (χ3v) is 2.21. The van der Waals surface area contributed by atoms with Crippen LogP contribution in [0.3, 0.4) is 0 Å². The molecule has 2 rings (SSSR count). The van der Waals surface area contributed by atoms with Crippen molar-refractivity contribution in [1.29, 1.82) is 0 Å². The van der Waals surface area contributed by atoms with Gasteiger partial charge in [0.2, 0.25) is 5.43 Å². The second-order valence-corrected chi connectivity index (χ2v) is 3.31. The molecule has 3 heteroatoms. The molecule has 0 aliphatic carbocycles. The maximum Gasteiger partial charge on any atom is 0.221 e. The fraction of sp³-hybridized carbons (Fsp3) is 0.0833. The zero-order chi connectivity index (χ0) is 10.8. The van der Waals surface area contributed by atoms with Crippen molar-refractivity contribution < 1.29 is 9.52 Å². The maximum absolute atomic E-state index is 11.5. The van der Waals surface area contributed by atoms with E-state index in [2.05, 4.69) is 0 Å². The molecule has 0 saturated heterocycles. The Balaban J connectivity index is 2.68. The van der Waals surface area contributed by atoms with E-state index < -0.39 is 5.43 Å². The van der Waals surface area contributed by atoms with Crippen molar-refractivity contribution in [3.05, 3.63) is 52.4 Å². The molecular weight excluding hydrogens is 192 g/mol. The molecule has 3 nitrogen and oxygen atoms in total. The Labute approximate surface area is 86.6 Å². The van der Waals surface area contributed by atoms with Gasteiger partial charge in [-0.25, -0.2) is 0 Å². The number of hydrogen-bond acceptors (Lipinski definition) is 3. The Bertz CT molecular complexity index is 527. The molecule has 0 aliphatic heterocycles. The van der Waals surface area contributed by atoms with E-state index in [4.69, 9.17) is 4.42 Å². The molecule has 0 radical (unpaired) electrons. The summed E-state index contributed by atoms with van der Waals surface area (Å²) >= 11 is 0. The topological polar surface area (TPSA) is 50.4 Å². The Morgan fingerprint density at radius 2 is 2.07 bits per heavy atom. The summed E-state index contributed by atoms with van der Waals surface area (Å²) in [4.78, 5) is 11.5. The van der Waals surface area contributed by atoms with Crippen LogP contribution in [0.4, 0.5) is 0 Å². The fourth-order valence-electron chi connectivity index (χ4n) is 1.34. The largest absolute Gasteiger partial charge is 0.504 e. The van der Waals surface area contributed by atoms with Crippen molar-refractivity contribution in [3.8, 4) is 17.1 Å². The molecule has 1 N–H and O–H groups in total. The number of hydrogen-bond donors (Lipinski definition) is 1. The number of aryl methyl sites for hydroxylation is 1. The molecule has 0 spiro atoms. The van der Waals surface area contributed by atoms with Gasteiger partial charge in [0.05, 0.1) is 6.26 Å². The van der Waals surface area contributed by atoms with Gasteiger partial charge in [-0.3, -0.25) is 4.79 Å². The average Bonchev–Trinajstić information content (AvgIpc) is 2.71. The minimum Gasteiger partial charge on any atom is -0.504 e. The van der Waals surface area contributed by atoms with Gasteiger partial charge < -0.3 is 9.52 Å². The Morgan fingerprint density at radius 3 is 2.73 bits per heavy atom. The SMILES string of the molecule is Cc1ccc(-c2ccco2)cc(=O)c1O. The average molecular weight is 202 g/mol. The summed E-state index contributed by atoms with van der Waals surface area (Å²) < 4.78 is 5.18. The van der Waals surface area contributed by atoms with Crippen LogP contribution in [0.2, 0.25) is 0 Å². The lowest BCUT2D eigenvalue weighted by molar-refractivity contribution is 0.467. The highest BCUT2D eigenvalue weighted by Crippen LogP contribution is 2.19. The number of rotatable bonds is 1. The van der Waals surface area contributed by atoms with E-state index in [0.29, 0.717) is 16.9 Å². The van der Waals surface area contributed by atoms with Gasteiger partial charge in [-0.15, -0.1) is 0 Å². The van der Waals surface area contributed by atoms with E-state index in [0.717, 1.165) is 0 Å². The summed E-state index contributed by atoms with van der Waals surface area (Å²) in [5, 5.41) is 9.45. The smallest absolute Gasteiger partial charge is 0.221 e. The predicted molar refractivity (Wildman–Crippen MR) is 56.8 cm³/mol. The lowest BCUT2D eigenvalue weighted by Crippen LogP contribution is -1.95. The van der Waals surface area contributed by atoms with Crippen molar-refractivity contribution in [2.75, 3.05) is 0 Å². The van der Waals surface area contributed by atoms with Crippen LogP contribution in [0, 0.1) is 6.92 Å². The molecule has 2 aromatic rings. The first-order valence-electron chi connectivity index (χ1n) is 4.56. The van der Waals surface area contributed by atoms with Crippen molar-refractivity contribution in [1.82, 2.24) is 0 Å². The highest BCUT2D eigenvalue weighted by Gasteiger charge is 2.03. The van der Waals surface area contributed by atoms with E-state index in [9.17, 15) is 9.90 Å². The van der Waals surface area contributed by atoms with Crippen LogP contribution in [-0.4, -0.2) is 5.11 Å². The van der Waals surface area contributed by atoms with Gasteiger partial charge in [0.25, 0.3) is 0 Å². The third kappa shape index (κ3) is 1.76. The van der Waals surface area contributed by atoms with Crippen LogP contribution in [0.25, 0.3) is 11.3 Å². The van der Waals surface area contributed by atoms with E-state index in [1.54, 1.807) is 37.5 Å². The first-order chi connectivity index (χ1) is 7.18. The minimum atomic E-state index is -0.399. The van der Waals surface area contributed by atoms with Crippen LogP contribution in [-0.2, 0) is 0 Å². The van der Waals surface area contributed by atoms with Gasteiger partial charge in [0.1, 0.15) is 5.76 Å². The lowest BCUT2D eigenvalue weighted by atomic mass is 10.2. The van der Waals surface area contributed by atoms with E-state index in [1.165, 1.54) is 6.07 Å². The van der Waals surface area contributed by atoms with E-state index >= 15 is 0 Å². The standard InChI is InChI=1S/C12H10O3/c1-8-4-5-9(7-10(13)12(8)14)11-3-2-6-15-11/h2-7H,1H3,(H,13,14). The van der Waals surface area contributed by atoms with Crippen LogP contribution in [0.5, 0.6) is 5.75 Å². The molecular formula is C12H10O3. The maximum atomic E-state index is 11.5. The molecule has 15 heavy (non-hydrogen) atoms. The van der Waals surface area contributed by atoms with Gasteiger partial charge in [0, 0.05) is 11.6 Å². The quantitative estimate of drug-likeness (QED) is 0.772. The molecule has 0 bridgehead atoms. The summed E-state index contributed by atoms with van der Waals surface area (Å²) in [6, 6.07) is 8.31. The Kier molecular flexibility index (Phi) is 2.29. The fourth-order valence-corrected chi connectivity index (χ4v) is 1.34. The van der Waals surface area contributed by atoms with E-state index in [1.807, 2.05) is 0 Å². The molecule has 0 unspecified atom stereocenters. The number of furan rings is 1. The predicted octanol–water partition coefficient (Wildman–Crippen LogP) is 2.32. The molecule has 0 saturated carbocycles. The normalized spacial score (nSPS) is 10.2. The van der Waals surface area contributed by atoms with Crippen LogP contribution < -0.4 is 5.43 Å². The first kappa shape index (κ1) is 9.52. The monoisotopic (exact) mass is 202 g/mol. The summed E-state index contributed by atoms with van der Waals surface area (Å²) in [6.07, 6.45) is 1.54. The van der Waals surface area contributed by atoms with Crippen LogP contribution in [0.15, 0.2) is 45.8 Å². The molecule has 0 aliphatic rings. The van der Waals surface area contributed by atoms with Crippen LogP contribution in [0.1, 0.15) is 5.56 Å². The first-order valence-corrected chi connectivity index (χ1v) is 4.56. The summed E-state index contributed by atoms with van der Waals surface area (Å²) in [5.41, 5.74) is 0.815. The summed E-state index contributed by atoms with van der Waals surface area (Å²) in [5.74, 6) is 0.398. The minimum absolute atomic E-state index is 0.215. The highest BCUT2D eigenvalue weighted by atomic mass is 16.3. The zero-order valence-corrected chi connectivity index (χ0v) is 8.23. The molecule has 0 atom stereocenters. The van der Waals surface area contributed by atoms with Gasteiger partial charge in [-0.1, -0.05) is 12.1 Å². The second kappa shape index (κ2) is 3.61. The molecule has 1 aromatic carbocycles. The van der Waals surface area contributed by atoms with Crippen molar-refractivity contribution in [2.45, 2.75) is 6.92 Å². The van der Waals surface area contributed by atoms with Crippen LogP contribution >= 0.6 is 0 Å². The second-order valence-electron chi connectivity index (χ2n) is 3.31. The van der Waals surface area contributed by atoms with Gasteiger partial charge in [-0.05, 0) is 24.6 Å². The van der Waals surface area contributed by atoms with Gasteiger partial charge >= 0.3 is 0 Å². The summed E-state index contributed by atoms with van der Waals surface area (Å²) in [6.45, 7) is 1.68. The van der Waals surface area contributed by atoms with Crippen molar-refractivity contribution in [3.63, 3.8) is 0 Å². The van der Waals surface area contributed by atoms with Crippen molar-refractivity contribution >= 4 is 0 Å². The Morgan fingerprint density at radius 1 is 1.27 bits per heavy atom. The molecule has 0 amide bonds. The highest BCUT2D eigenvalue weighted by molar-refractivity contribution is 5.57. The molecule has 1 heterocycles. The summed E-state index contributed by atoms with van der Waals surface area (Å²) in [7, 11) is 0. The lowest BCUT2D eigenvalue weighted by Gasteiger charge is -1.88. The van der Waals surface area contributed by atoms with Gasteiger partial charge in [0.15, 0.2) is 5.75 Å². The molecule has 76 valence electrons. The molecule has 1 aromatic heterocycles. The Hall–Kier alpha value is -2.03. The zero-order valence-electron chi connectivity index (χ0n) is 8.23. The van der Waals surface area contributed by atoms with Crippen molar-refractivity contribution in [2.24, 2.45) is 0 Å². The number of aromatic hydroxyl groups is 1. The van der Waals surface area contributed by atoms with E-state index in [-0.39, 0.29) is 5.75 Å². The third-order valence-electron chi connectivity index (χ3n) is 2.21. The van der Waals surface area contributed by atoms with Gasteiger partial charge in [-0.2, -0.15) is 0 Å². The molecule has 0 fully saturated rings.